The summed E-state index contributed by atoms with van der Waals surface area (Å²) in [5.41, 5.74) is 6.97. The number of nitrogen functional groups attached to an aromatic ring is 1. The molecule has 2 rings (SSSR count). The van der Waals surface area contributed by atoms with Gasteiger partial charge < -0.3 is 10.6 Å². The van der Waals surface area contributed by atoms with E-state index in [1.54, 1.807) is 24.0 Å². The molecule has 1 aromatic heterocycles. The van der Waals surface area contributed by atoms with E-state index >= 15 is 0 Å². The van der Waals surface area contributed by atoms with Gasteiger partial charge in [0.15, 0.2) is 5.82 Å². The minimum atomic E-state index is -4.14. The quantitative estimate of drug-likeness (QED) is 0.662. The third kappa shape index (κ3) is 3.44. The molecule has 1 saturated heterocycles. The highest BCUT2D eigenvalue weighted by Gasteiger charge is 2.41. The van der Waals surface area contributed by atoms with E-state index in [1.165, 1.54) is 5.01 Å². The molecule has 0 aliphatic carbocycles. The zero-order valence-electron chi connectivity index (χ0n) is 12.4. The highest BCUT2D eigenvalue weighted by molar-refractivity contribution is 5.64. The van der Waals surface area contributed by atoms with Crippen molar-refractivity contribution < 1.29 is 13.2 Å². The Hall–Kier alpha value is -1.96. The highest BCUT2D eigenvalue weighted by atomic mass is 19.4. The number of piperidine rings is 1. The fraction of sp³-hybridized carbons (Fsp3) is 0.500. The monoisotopic (exact) mass is 315 g/mol. The molecule has 0 spiro atoms. The van der Waals surface area contributed by atoms with Gasteiger partial charge in [0.1, 0.15) is 5.82 Å². The fourth-order valence-corrected chi connectivity index (χ4v) is 2.49. The Kier molecular flexibility index (Phi) is 4.50. The summed E-state index contributed by atoms with van der Waals surface area (Å²) in [7, 11) is 0. The van der Waals surface area contributed by atoms with E-state index in [4.69, 9.17) is 11.6 Å². The van der Waals surface area contributed by atoms with E-state index < -0.39 is 12.1 Å². The van der Waals surface area contributed by atoms with Gasteiger partial charge in [0, 0.05) is 18.8 Å². The van der Waals surface area contributed by atoms with Gasteiger partial charge in [-0.3, -0.25) is 0 Å². The van der Waals surface area contributed by atoms with Crippen molar-refractivity contribution in [3.8, 4) is 0 Å². The molecule has 22 heavy (non-hydrogen) atoms. The van der Waals surface area contributed by atoms with Crippen LogP contribution in [0.3, 0.4) is 0 Å². The first kappa shape index (κ1) is 16.4. The fourth-order valence-electron chi connectivity index (χ4n) is 2.49. The van der Waals surface area contributed by atoms with Gasteiger partial charge in [-0.15, -0.1) is 0 Å². The maximum atomic E-state index is 12.7. The molecule has 0 atom stereocenters. The predicted molar refractivity (Wildman–Crippen MR) is 79.5 cm³/mol. The highest BCUT2D eigenvalue weighted by Crippen LogP contribution is 2.35. The van der Waals surface area contributed by atoms with Crippen LogP contribution in [0.5, 0.6) is 0 Å². The van der Waals surface area contributed by atoms with Crippen molar-refractivity contribution in [3.05, 3.63) is 30.2 Å². The van der Waals surface area contributed by atoms with Crippen LogP contribution in [0.25, 0.3) is 0 Å². The van der Waals surface area contributed by atoms with Crippen LogP contribution in [-0.2, 0) is 0 Å². The number of rotatable bonds is 3. The number of likely N-dealkylation sites (tertiary alicyclic amines) is 1. The van der Waals surface area contributed by atoms with E-state index in [9.17, 15) is 13.2 Å². The largest absolute Gasteiger partial charge is 0.396 e. The minimum Gasteiger partial charge on any atom is -0.396 e. The van der Waals surface area contributed by atoms with E-state index in [0.29, 0.717) is 17.3 Å². The SMILES string of the molecule is C=C(N1CCC(C(F)(F)F)CC1)N(N)c1nc(C)ccc1N. The average molecular weight is 315 g/mol. The zero-order chi connectivity index (χ0) is 16.5. The standard InChI is InChI=1S/C14H20F3N5/c1-9-3-4-12(18)13(20-9)22(19)10(2)21-7-5-11(6-8-21)14(15,16)17/h3-4,11H,2,5-8,18-19H2,1H3. The van der Waals surface area contributed by atoms with Gasteiger partial charge in [-0.1, -0.05) is 6.58 Å². The van der Waals surface area contributed by atoms with Crippen molar-refractivity contribution >= 4 is 11.5 Å². The van der Waals surface area contributed by atoms with Crippen molar-refractivity contribution in [1.29, 1.82) is 0 Å². The van der Waals surface area contributed by atoms with Gasteiger partial charge in [-0.25, -0.2) is 15.8 Å². The lowest BCUT2D eigenvalue weighted by atomic mass is 9.96. The summed E-state index contributed by atoms with van der Waals surface area (Å²) >= 11 is 0. The number of hydrogen-bond donors (Lipinski definition) is 2. The molecule has 0 unspecified atom stereocenters. The number of anilines is 2. The first-order valence-corrected chi connectivity index (χ1v) is 6.98. The molecular weight excluding hydrogens is 295 g/mol. The van der Waals surface area contributed by atoms with Crippen LogP contribution in [0.15, 0.2) is 24.5 Å². The second-order valence-electron chi connectivity index (χ2n) is 5.45. The number of aryl methyl sites for hydroxylation is 1. The number of nitrogens with zero attached hydrogens (tertiary/aromatic N) is 3. The number of aromatic nitrogens is 1. The van der Waals surface area contributed by atoms with Crippen molar-refractivity contribution in [3.63, 3.8) is 0 Å². The van der Waals surface area contributed by atoms with Crippen LogP contribution < -0.4 is 16.6 Å². The Balaban J connectivity index is 2.05. The number of nitrogens with two attached hydrogens (primary N) is 2. The molecule has 2 heterocycles. The molecule has 1 aromatic rings. The van der Waals surface area contributed by atoms with Gasteiger partial charge in [0.05, 0.1) is 11.6 Å². The molecule has 0 amide bonds. The topological polar surface area (TPSA) is 71.4 Å². The first-order chi connectivity index (χ1) is 10.2. The Morgan fingerprint density at radius 1 is 1.36 bits per heavy atom. The lowest BCUT2D eigenvalue weighted by molar-refractivity contribution is -0.184. The van der Waals surface area contributed by atoms with E-state index in [1.807, 2.05) is 0 Å². The lowest BCUT2D eigenvalue weighted by Gasteiger charge is -2.38. The summed E-state index contributed by atoms with van der Waals surface area (Å²) in [6, 6.07) is 3.44. The third-order valence-corrected chi connectivity index (χ3v) is 3.87. The van der Waals surface area contributed by atoms with Gasteiger partial charge >= 0.3 is 6.18 Å². The minimum absolute atomic E-state index is 0.0348. The molecule has 1 aliphatic rings. The molecule has 1 fully saturated rings. The summed E-state index contributed by atoms with van der Waals surface area (Å²) in [5.74, 6) is 5.47. The van der Waals surface area contributed by atoms with Gasteiger partial charge in [0.25, 0.3) is 0 Å². The van der Waals surface area contributed by atoms with Crippen LogP contribution in [0.1, 0.15) is 18.5 Å². The molecule has 122 valence electrons. The number of halogens is 3. The molecule has 0 bridgehead atoms. The second kappa shape index (κ2) is 6.04. The molecule has 0 saturated carbocycles. The van der Waals surface area contributed by atoms with Crippen LogP contribution in [0.4, 0.5) is 24.7 Å². The zero-order valence-corrected chi connectivity index (χ0v) is 12.4. The van der Waals surface area contributed by atoms with Crippen molar-refractivity contribution in [2.24, 2.45) is 11.8 Å². The molecular formula is C14H20F3N5. The summed E-state index contributed by atoms with van der Waals surface area (Å²) < 4.78 is 38.1. The lowest BCUT2D eigenvalue weighted by Crippen LogP contribution is -2.45. The van der Waals surface area contributed by atoms with Crippen molar-refractivity contribution in [1.82, 2.24) is 9.88 Å². The normalized spacial score (nSPS) is 16.7. The van der Waals surface area contributed by atoms with E-state index in [2.05, 4.69) is 11.6 Å². The molecule has 0 aromatic carbocycles. The Morgan fingerprint density at radius 3 is 2.50 bits per heavy atom. The molecule has 1 aliphatic heterocycles. The van der Waals surface area contributed by atoms with Gasteiger partial charge in [0.2, 0.25) is 0 Å². The Morgan fingerprint density at radius 2 is 1.95 bits per heavy atom. The summed E-state index contributed by atoms with van der Waals surface area (Å²) in [6.07, 6.45) is -4.07. The third-order valence-electron chi connectivity index (χ3n) is 3.87. The average Bonchev–Trinajstić information content (AvgIpc) is 2.47. The molecule has 8 heteroatoms. The smallest absolute Gasteiger partial charge is 0.391 e. The van der Waals surface area contributed by atoms with Crippen molar-refractivity contribution in [2.75, 3.05) is 23.8 Å². The van der Waals surface area contributed by atoms with Crippen LogP contribution in [0.2, 0.25) is 0 Å². The van der Waals surface area contributed by atoms with Crippen LogP contribution >= 0.6 is 0 Å². The summed E-state index contributed by atoms with van der Waals surface area (Å²) in [4.78, 5) is 5.98. The van der Waals surface area contributed by atoms with Gasteiger partial charge in [-0.2, -0.15) is 13.2 Å². The summed E-state index contributed by atoms with van der Waals surface area (Å²) in [5, 5.41) is 1.23. The maximum Gasteiger partial charge on any atom is 0.391 e. The molecule has 4 N–H and O–H groups in total. The number of hydrazine groups is 1. The summed E-state index contributed by atoms with van der Waals surface area (Å²) in [6.45, 7) is 6.17. The molecule has 5 nitrogen and oxygen atoms in total. The predicted octanol–water partition coefficient (Wildman–Crippen LogP) is 2.40. The van der Waals surface area contributed by atoms with Crippen molar-refractivity contribution in [2.45, 2.75) is 25.9 Å². The Labute approximate surface area is 127 Å². The van der Waals surface area contributed by atoms with E-state index in [0.717, 1.165) is 5.69 Å². The Bertz CT molecular complexity index is 550. The van der Waals surface area contributed by atoms with Crippen LogP contribution in [-0.4, -0.2) is 29.1 Å². The number of pyridine rings is 1. The van der Waals surface area contributed by atoms with Gasteiger partial charge in [-0.05, 0) is 31.9 Å². The number of alkyl halides is 3. The molecule has 0 radical (unpaired) electrons. The maximum absolute atomic E-state index is 12.7. The second-order valence-corrected chi connectivity index (χ2v) is 5.45. The number of hydrogen-bond acceptors (Lipinski definition) is 5. The van der Waals surface area contributed by atoms with Crippen LogP contribution in [0, 0.1) is 12.8 Å². The first-order valence-electron chi connectivity index (χ1n) is 6.98. The van der Waals surface area contributed by atoms with E-state index in [-0.39, 0.29) is 25.9 Å².